The first kappa shape index (κ1) is 24.3. The molecule has 5 rings (SSSR count). The molecular weight excluding hydrogens is 468 g/mol. The van der Waals surface area contributed by atoms with Crippen LogP contribution in [0, 0.1) is 0 Å². The molecule has 1 aliphatic heterocycles. The maximum atomic E-state index is 12.0. The summed E-state index contributed by atoms with van der Waals surface area (Å²) in [5, 5.41) is 17.0. The molecule has 3 aromatic carbocycles. The number of rotatable bonds is 6. The highest BCUT2D eigenvalue weighted by atomic mass is 28.4. The van der Waals surface area contributed by atoms with Crippen LogP contribution in [0.5, 0.6) is 5.75 Å². The Morgan fingerprint density at radius 1 is 1.00 bits per heavy atom. The summed E-state index contributed by atoms with van der Waals surface area (Å²) >= 11 is 0. The topological polar surface area (TPSA) is 73.6 Å². The van der Waals surface area contributed by atoms with Gasteiger partial charge in [0.25, 0.3) is 0 Å². The molecule has 4 aromatic rings. The molecule has 1 aromatic heterocycles. The van der Waals surface area contributed by atoms with Gasteiger partial charge in [-0.1, -0.05) is 81.4 Å². The normalized spacial score (nSPS) is 16.7. The summed E-state index contributed by atoms with van der Waals surface area (Å²) < 4.78 is 14.9. The van der Waals surface area contributed by atoms with Crippen molar-refractivity contribution in [3.63, 3.8) is 0 Å². The smallest absolute Gasteiger partial charge is 0.357 e. The van der Waals surface area contributed by atoms with Gasteiger partial charge >= 0.3 is 14.3 Å². The SMILES string of the molecule is CC(C)(C)[Si](Oc1ccc2c(C(=O)O)nn(C3CCCCO3)c2c1)(c1ccccc1)c1ccccc1. The van der Waals surface area contributed by atoms with E-state index >= 15 is 0 Å². The molecule has 1 unspecified atom stereocenters. The zero-order valence-electron chi connectivity index (χ0n) is 21.0. The number of carbonyl (C=O) groups is 1. The van der Waals surface area contributed by atoms with Crippen molar-refractivity contribution >= 4 is 35.6 Å². The number of aromatic carboxylic acids is 1. The average Bonchev–Trinajstić information content (AvgIpc) is 3.27. The van der Waals surface area contributed by atoms with Crippen molar-refractivity contribution in [2.24, 2.45) is 0 Å². The van der Waals surface area contributed by atoms with Gasteiger partial charge in [-0.25, -0.2) is 9.48 Å². The molecule has 0 bridgehead atoms. The molecular formula is C29H32N2O4Si. The average molecular weight is 501 g/mol. The largest absolute Gasteiger partial charge is 0.534 e. The highest BCUT2D eigenvalue weighted by Crippen LogP contribution is 2.39. The van der Waals surface area contributed by atoms with E-state index in [4.69, 9.17) is 9.16 Å². The molecule has 7 heteroatoms. The van der Waals surface area contributed by atoms with Crippen LogP contribution in [-0.2, 0) is 4.74 Å². The quantitative estimate of drug-likeness (QED) is 0.360. The maximum Gasteiger partial charge on any atom is 0.357 e. The molecule has 0 aliphatic carbocycles. The third kappa shape index (κ3) is 4.22. The van der Waals surface area contributed by atoms with E-state index in [2.05, 4.69) is 74.4 Å². The van der Waals surface area contributed by atoms with Gasteiger partial charge in [0.15, 0.2) is 11.9 Å². The standard InChI is InChI=1S/C29H32N2O4Si/c1-29(2,3)36(22-12-6-4-7-13-22,23-14-8-5-9-15-23)35-21-17-18-24-25(20-21)31(30-27(24)28(32)33)26-16-10-11-19-34-26/h4-9,12-15,17-18,20,26H,10-11,16,19H2,1-3H3,(H,32,33). The molecule has 1 saturated heterocycles. The van der Waals surface area contributed by atoms with Crippen molar-refractivity contribution in [3.8, 4) is 5.75 Å². The third-order valence-corrected chi connectivity index (χ3v) is 11.9. The van der Waals surface area contributed by atoms with Crippen LogP contribution in [-0.4, -0.2) is 35.8 Å². The predicted octanol–water partition coefficient (Wildman–Crippen LogP) is 5.37. The number of hydrogen-bond donors (Lipinski definition) is 1. The van der Waals surface area contributed by atoms with Gasteiger partial charge in [0.05, 0.1) is 5.52 Å². The maximum absolute atomic E-state index is 12.0. The monoisotopic (exact) mass is 500 g/mol. The van der Waals surface area contributed by atoms with Crippen molar-refractivity contribution in [3.05, 3.63) is 84.6 Å². The minimum Gasteiger partial charge on any atom is -0.534 e. The summed E-state index contributed by atoms with van der Waals surface area (Å²) in [6, 6.07) is 26.6. The number of aromatic nitrogens is 2. The number of hydrogen-bond acceptors (Lipinski definition) is 4. The number of benzene rings is 3. The molecule has 0 amide bonds. The number of fused-ring (bicyclic) bond motifs is 1. The lowest BCUT2D eigenvalue weighted by Gasteiger charge is -2.43. The van der Waals surface area contributed by atoms with Crippen LogP contribution in [0.3, 0.4) is 0 Å². The molecule has 1 aliphatic rings. The van der Waals surface area contributed by atoms with Crippen molar-refractivity contribution in [2.75, 3.05) is 6.61 Å². The molecule has 0 radical (unpaired) electrons. The highest BCUT2D eigenvalue weighted by molar-refractivity contribution is 7.00. The summed E-state index contributed by atoms with van der Waals surface area (Å²) in [5.41, 5.74) is 0.755. The van der Waals surface area contributed by atoms with Gasteiger partial charge in [-0.15, -0.1) is 0 Å². The molecule has 36 heavy (non-hydrogen) atoms. The lowest BCUT2D eigenvalue weighted by molar-refractivity contribution is -0.0368. The molecule has 1 atom stereocenters. The first-order chi connectivity index (χ1) is 17.3. The zero-order valence-corrected chi connectivity index (χ0v) is 22.0. The number of ether oxygens (including phenoxy) is 1. The van der Waals surface area contributed by atoms with Crippen LogP contribution < -0.4 is 14.8 Å². The van der Waals surface area contributed by atoms with E-state index in [1.165, 1.54) is 10.4 Å². The molecule has 2 heterocycles. The fraction of sp³-hybridized carbons (Fsp3) is 0.310. The van der Waals surface area contributed by atoms with Crippen molar-refractivity contribution in [1.82, 2.24) is 9.78 Å². The lowest BCUT2D eigenvalue weighted by atomic mass is 10.1. The van der Waals surface area contributed by atoms with Crippen LogP contribution in [0.25, 0.3) is 10.9 Å². The number of carboxylic acids is 1. The van der Waals surface area contributed by atoms with E-state index in [1.54, 1.807) is 4.68 Å². The van der Waals surface area contributed by atoms with E-state index < -0.39 is 14.3 Å². The second-order valence-corrected chi connectivity index (χ2v) is 14.6. The third-order valence-electron chi connectivity index (χ3n) is 7.00. The summed E-state index contributed by atoms with van der Waals surface area (Å²) in [4.78, 5) is 12.0. The van der Waals surface area contributed by atoms with Crippen LogP contribution in [0.15, 0.2) is 78.9 Å². The molecule has 1 N–H and O–H groups in total. The summed E-state index contributed by atoms with van der Waals surface area (Å²) in [6.07, 6.45) is 2.55. The molecule has 0 saturated carbocycles. The molecule has 186 valence electrons. The van der Waals surface area contributed by atoms with Crippen molar-refractivity contribution in [1.29, 1.82) is 0 Å². The van der Waals surface area contributed by atoms with Crippen molar-refractivity contribution < 1.29 is 19.1 Å². The minimum absolute atomic E-state index is 0.0381. The van der Waals surface area contributed by atoms with Gasteiger partial charge in [0.1, 0.15) is 5.75 Å². The molecule has 0 spiro atoms. The summed E-state index contributed by atoms with van der Waals surface area (Å²) in [6.45, 7) is 7.36. The minimum atomic E-state index is -2.83. The Morgan fingerprint density at radius 2 is 1.64 bits per heavy atom. The summed E-state index contributed by atoms with van der Waals surface area (Å²) in [7, 11) is -2.83. The Labute approximate surface area is 212 Å². The fourth-order valence-electron chi connectivity index (χ4n) is 5.30. The second kappa shape index (κ2) is 9.56. The lowest BCUT2D eigenvalue weighted by Crippen LogP contribution is -2.68. The summed E-state index contributed by atoms with van der Waals surface area (Å²) in [5.74, 6) is -0.346. The van der Waals surface area contributed by atoms with Gasteiger partial charge in [-0.3, -0.25) is 0 Å². The Morgan fingerprint density at radius 3 is 2.17 bits per heavy atom. The van der Waals surface area contributed by atoms with E-state index in [0.29, 0.717) is 17.7 Å². The Bertz CT molecular complexity index is 1320. The first-order valence-corrected chi connectivity index (χ1v) is 14.4. The molecule has 6 nitrogen and oxygen atoms in total. The van der Waals surface area contributed by atoms with Crippen LogP contribution in [0.2, 0.25) is 5.04 Å². The molecule has 1 fully saturated rings. The van der Waals surface area contributed by atoms with Gasteiger partial charge in [-0.05, 0) is 46.8 Å². The van der Waals surface area contributed by atoms with Gasteiger partial charge in [-0.2, -0.15) is 5.10 Å². The van der Waals surface area contributed by atoms with E-state index in [9.17, 15) is 9.90 Å². The van der Waals surface area contributed by atoms with Gasteiger partial charge in [0.2, 0.25) is 0 Å². The number of carboxylic acid groups (broad SMARTS) is 1. The van der Waals surface area contributed by atoms with Gasteiger partial charge < -0.3 is 14.3 Å². The van der Waals surface area contributed by atoms with Crippen molar-refractivity contribution in [2.45, 2.75) is 51.3 Å². The first-order valence-electron chi connectivity index (χ1n) is 12.5. The Balaban J connectivity index is 1.69. The Hall–Kier alpha value is -3.42. The van der Waals surface area contributed by atoms with E-state index in [-0.39, 0.29) is 17.0 Å². The fourth-order valence-corrected chi connectivity index (χ4v) is 9.71. The van der Waals surface area contributed by atoms with Crippen LogP contribution in [0.1, 0.15) is 56.8 Å². The number of nitrogens with zero attached hydrogens (tertiary/aromatic N) is 2. The second-order valence-electron chi connectivity index (χ2n) is 10.4. The van der Waals surface area contributed by atoms with E-state index in [0.717, 1.165) is 24.8 Å². The predicted molar refractivity (Wildman–Crippen MR) is 144 cm³/mol. The van der Waals surface area contributed by atoms with Crippen LogP contribution >= 0.6 is 0 Å². The van der Waals surface area contributed by atoms with E-state index in [1.807, 2.05) is 30.3 Å². The van der Waals surface area contributed by atoms with Crippen LogP contribution in [0.4, 0.5) is 0 Å². The zero-order chi connectivity index (χ0) is 25.3. The highest BCUT2D eigenvalue weighted by Gasteiger charge is 2.52. The Kier molecular flexibility index (Phi) is 6.45. The van der Waals surface area contributed by atoms with Gasteiger partial charge in [0, 0.05) is 18.1 Å².